The summed E-state index contributed by atoms with van der Waals surface area (Å²) in [7, 11) is -2.61. The van der Waals surface area contributed by atoms with Crippen molar-refractivity contribution in [2.45, 2.75) is 32.4 Å². The number of benzene rings is 3. The molecule has 1 aliphatic heterocycles. The summed E-state index contributed by atoms with van der Waals surface area (Å²) >= 11 is 0. The van der Waals surface area contributed by atoms with E-state index < -0.39 is 8.32 Å². The zero-order chi connectivity index (χ0) is 23.3. The van der Waals surface area contributed by atoms with Crippen LogP contribution < -0.4 is 10.4 Å². The molecule has 4 rings (SSSR count). The summed E-state index contributed by atoms with van der Waals surface area (Å²) < 4.78 is 12.4. The second kappa shape index (κ2) is 9.77. The highest BCUT2D eigenvalue weighted by atomic mass is 28.4. The molecule has 0 atom stereocenters. The number of cyclic esters (lactones) is 1. The van der Waals surface area contributed by atoms with Crippen molar-refractivity contribution < 1.29 is 14.0 Å². The Hall–Kier alpha value is -3.15. The summed E-state index contributed by atoms with van der Waals surface area (Å²) in [6, 6.07) is 31.0. The van der Waals surface area contributed by atoms with Crippen LogP contribution in [0.15, 0.2) is 103 Å². The van der Waals surface area contributed by atoms with E-state index >= 15 is 0 Å². The van der Waals surface area contributed by atoms with Gasteiger partial charge in [-0.15, -0.1) is 0 Å². The second-order valence-electron chi connectivity index (χ2n) is 9.35. The molecule has 1 amide bonds. The number of hydrogen-bond acceptors (Lipinski definition) is 3. The lowest BCUT2D eigenvalue weighted by Crippen LogP contribution is -2.66. The third-order valence-electron chi connectivity index (χ3n) is 6.07. The second-order valence-corrected chi connectivity index (χ2v) is 13.7. The molecule has 1 aliphatic rings. The van der Waals surface area contributed by atoms with Crippen LogP contribution in [-0.4, -0.2) is 32.5 Å². The molecule has 3 aromatic carbocycles. The highest BCUT2D eigenvalue weighted by Crippen LogP contribution is 2.36. The van der Waals surface area contributed by atoms with Crippen LogP contribution in [0.25, 0.3) is 0 Å². The fourth-order valence-corrected chi connectivity index (χ4v) is 9.00. The molecule has 0 aromatic heterocycles. The van der Waals surface area contributed by atoms with Crippen molar-refractivity contribution in [1.29, 1.82) is 0 Å². The SMILES string of the molecule is CC(C)(C)[Si](OC/C=C1/CN(Cc2ccccc2)C(=O)O1)(c1ccccc1)c1ccccc1. The van der Waals surface area contributed by atoms with E-state index in [2.05, 4.69) is 69.3 Å². The van der Waals surface area contributed by atoms with Gasteiger partial charge in [0.2, 0.25) is 0 Å². The molecule has 0 N–H and O–H groups in total. The van der Waals surface area contributed by atoms with Crippen LogP contribution in [0.5, 0.6) is 0 Å². The van der Waals surface area contributed by atoms with E-state index in [9.17, 15) is 4.79 Å². The van der Waals surface area contributed by atoms with Crippen LogP contribution in [0.4, 0.5) is 4.79 Å². The Balaban J connectivity index is 1.57. The molecule has 3 aromatic rings. The molecule has 170 valence electrons. The first-order valence-corrected chi connectivity index (χ1v) is 13.3. The lowest BCUT2D eigenvalue weighted by Gasteiger charge is -2.42. The van der Waals surface area contributed by atoms with Gasteiger partial charge in [0.25, 0.3) is 8.32 Å². The number of carbonyl (C=O) groups is 1. The predicted molar refractivity (Wildman–Crippen MR) is 135 cm³/mol. The number of rotatable bonds is 7. The summed E-state index contributed by atoms with van der Waals surface area (Å²) in [6.07, 6.45) is 1.61. The molecule has 0 spiro atoms. The largest absolute Gasteiger partial charge is 0.415 e. The fraction of sp³-hybridized carbons (Fsp3) is 0.250. The summed E-state index contributed by atoms with van der Waals surface area (Å²) in [5, 5.41) is 2.37. The Morgan fingerprint density at radius 2 is 1.39 bits per heavy atom. The van der Waals surface area contributed by atoms with Gasteiger partial charge in [0.1, 0.15) is 5.76 Å². The van der Waals surface area contributed by atoms with Crippen LogP contribution >= 0.6 is 0 Å². The Morgan fingerprint density at radius 3 is 1.91 bits per heavy atom. The first-order chi connectivity index (χ1) is 15.9. The average molecular weight is 458 g/mol. The van der Waals surface area contributed by atoms with Crippen molar-refractivity contribution in [3.05, 3.63) is 108 Å². The molecule has 1 heterocycles. The van der Waals surface area contributed by atoms with Crippen LogP contribution in [0.2, 0.25) is 5.04 Å². The standard InChI is InChI=1S/C28H31NO3Si/c1-28(2,3)33(25-15-9-5-10-16-25,26-17-11-6-12-18-26)31-20-19-24-22-29(27(30)32-24)21-23-13-7-4-8-14-23/h4-19H,20-22H2,1-3H3/b24-19-. The van der Waals surface area contributed by atoms with Gasteiger partial charge in [0, 0.05) is 6.54 Å². The lowest BCUT2D eigenvalue weighted by atomic mass is 10.2. The van der Waals surface area contributed by atoms with E-state index in [1.54, 1.807) is 4.90 Å². The summed E-state index contributed by atoms with van der Waals surface area (Å²) in [5.41, 5.74) is 1.08. The van der Waals surface area contributed by atoms with Crippen molar-refractivity contribution in [2.24, 2.45) is 0 Å². The van der Waals surface area contributed by atoms with E-state index in [4.69, 9.17) is 9.16 Å². The average Bonchev–Trinajstić information content (AvgIpc) is 3.16. The van der Waals surface area contributed by atoms with E-state index in [0.29, 0.717) is 25.5 Å². The van der Waals surface area contributed by atoms with Gasteiger partial charge >= 0.3 is 6.09 Å². The van der Waals surface area contributed by atoms with Crippen LogP contribution in [0, 0.1) is 0 Å². The molecule has 5 heteroatoms. The lowest BCUT2D eigenvalue weighted by molar-refractivity contribution is 0.166. The minimum Gasteiger partial charge on any atom is -0.413 e. The fourth-order valence-electron chi connectivity index (χ4n) is 4.51. The van der Waals surface area contributed by atoms with Gasteiger partial charge in [-0.3, -0.25) is 4.90 Å². The van der Waals surface area contributed by atoms with Crippen LogP contribution in [-0.2, 0) is 15.7 Å². The molecule has 33 heavy (non-hydrogen) atoms. The topological polar surface area (TPSA) is 38.8 Å². The predicted octanol–water partition coefficient (Wildman–Crippen LogP) is 5.10. The van der Waals surface area contributed by atoms with Crippen LogP contribution in [0.3, 0.4) is 0 Å². The highest BCUT2D eigenvalue weighted by Gasteiger charge is 2.50. The summed E-state index contributed by atoms with van der Waals surface area (Å²) in [4.78, 5) is 14.1. The van der Waals surface area contributed by atoms with Gasteiger partial charge in [-0.05, 0) is 27.1 Å². The highest BCUT2D eigenvalue weighted by molar-refractivity contribution is 6.99. The monoisotopic (exact) mass is 457 g/mol. The van der Waals surface area contributed by atoms with E-state index in [1.807, 2.05) is 48.5 Å². The van der Waals surface area contributed by atoms with E-state index in [0.717, 1.165) is 5.56 Å². The van der Waals surface area contributed by atoms with Gasteiger partial charge in [-0.25, -0.2) is 4.79 Å². The van der Waals surface area contributed by atoms with Crippen molar-refractivity contribution in [2.75, 3.05) is 13.2 Å². The minimum atomic E-state index is -2.61. The van der Waals surface area contributed by atoms with Crippen molar-refractivity contribution >= 4 is 24.8 Å². The normalized spacial score (nSPS) is 15.7. The minimum absolute atomic E-state index is 0.0973. The Labute approximate surface area is 197 Å². The summed E-state index contributed by atoms with van der Waals surface area (Å²) in [6.45, 7) is 8.14. The Morgan fingerprint density at radius 1 is 0.879 bits per heavy atom. The number of ether oxygens (including phenoxy) is 1. The van der Waals surface area contributed by atoms with Crippen molar-refractivity contribution in [3.8, 4) is 0 Å². The van der Waals surface area contributed by atoms with E-state index in [-0.39, 0.29) is 11.1 Å². The third-order valence-corrected chi connectivity index (χ3v) is 11.1. The first-order valence-electron chi connectivity index (χ1n) is 11.3. The van der Waals surface area contributed by atoms with Gasteiger partial charge in [0.05, 0.1) is 13.2 Å². The number of carbonyl (C=O) groups excluding carboxylic acids is 1. The molecular weight excluding hydrogens is 426 g/mol. The maximum atomic E-state index is 12.4. The molecule has 1 saturated heterocycles. The molecular formula is C28H31NO3Si. The van der Waals surface area contributed by atoms with Gasteiger partial charge < -0.3 is 9.16 Å². The van der Waals surface area contributed by atoms with Crippen molar-refractivity contribution in [1.82, 2.24) is 4.90 Å². The third kappa shape index (κ3) is 4.94. The molecule has 4 nitrogen and oxygen atoms in total. The molecule has 0 saturated carbocycles. The molecule has 0 radical (unpaired) electrons. The molecule has 0 bridgehead atoms. The molecule has 0 unspecified atom stereocenters. The maximum absolute atomic E-state index is 12.4. The van der Waals surface area contributed by atoms with Gasteiger partial charge in [-0.2, -0.15) is 0 Å². The number of amides is 1. The zero-order valence-electron chi connectivity index (χ0n) is 19.5. The molecule has 0 aliphatic carbocycles. The Kier molecular flexibility index (Phi) is 6.82. The van der Waals surface area contributed by atoms with Crippen LogP contribution in [0.1, 0.15) is 26.3 Å². The first kappa shape index (κ1) is 23.0. The summed E-state index contributed by atoms with van der Waals surface area (Å²) in [5.74, 6) is 0.647. The zero-order valence-corrected chi connectivity index (χ0v) is 20.5. The number of hydrogen-bond donors (Lipinski definition) is 0. The quantitative estimate of drug-likeness (QED) is 0.464. The Bertz CT molecular complexity index is 1050. The smallest absolute Gasteiger partial charge is 0.413 e. The van der Waals surface area contributed by atoms with Gasteiger partial charge in [0.15, 0.2) is 0 Å². The maximum Gasteiger partial charge on any atom is 0.415 e. The van der Waals surface area contributed by atoms with Crippen molar-refractivity contribution in [3.63, 3.8) is 0 Å². The molecule has 1 fully saturated rings. The number of nitrogens with zero attached hydrogens (tertiary/aromatic N) is 1. The van der Waals surface area contributed by atoms with Gasteiger partial charge in [-0.1, -0.05) is 112 Å². The van der Waals surface area contributed by atoms with E-state index in [1.165, 1.54) is 10.4 Å².